The van der Waals surface area contributed by atoms with Gasteiger partial charge >= 0.3 is 6.18 Å². The average Bonchev–Trinajstić information content (AvgIpc) is 2.77. The smallest absolute Gasteiger partial charge is 0.416 e. The second kappa shape index (κ2) is 8.14. The van der Waals surface area contributed by atoms with Crippen molar-refractivity contribution in [2.45, 2.75) is 12.6 Å². The predicted octanol–water partition coefficient (Wildman–Crippen LogP) is 6.03. The molecule has 0 bridgehead atoms. The van der Waals surface area contributed by atoms with Gasteiger partial charge in [-0.1, -0.05) is 66.7 Å². The third-order valence-corrected chi connectivity index (χ3v) is 5.08. The summed E-state index contributed by atoms with van der Waals surface area (Å²) in [5, 5.41) is 10.0. The largest absolute Gasteiger partial charge is 0.425 e. The van der Waals surface area contributed by atoms with Crippen molar-refractivity contribution in [2.75, 3.05) is 0 Å². The van der Waals surface area contributed by atoms with Gasteiger partial charge in [-0.25, -0.2) is 0 Å². The molecule has 3 aromatic carbocycles. The fourth-order valence-corrected chi connectivity index (χ4v) is 3.43. The maximum atomic E-state index is 12.8. The molecule has 0 amide bonds. The van der Waals surface area contributed by atoms with E-state index in [1.807, 2.05) is 54.6 Å². The Morgan fingerprint density at radius 3 is 1.90 bits per heavy atom. The van der Waals surface area contributed by atoms with E-state index in [0.29, 0.717) is 21.4 Å². The van der Waals surface area contributed by atoms with Crippen LogP contribution >= 0.6 is 0 Å². The van der Waals surface area contributed by atoms with E-state index in [9.17, 15) is 23.2 Å². The van der Waals surface area contributed by atoms with Crippen molar-refractivity contribution in [3.05, 3.63) is 118 Å². The highest BCUT2D eigenvalue weighted by atomic mass is 19.4. The summed E-state index contributed by atoms with van der Waals surface area (Å²) < 4.78 is 38.9. The SMILES string of the molecule is O=c1c(Cc2ccc(-c3ccccc3)cc2)cc(-c2ccc(C(F)(F)F)cc2)cn1O. The molecule has 4 aromatic rings. The minimum absolute atomic E-state index is 0.281. The molecule has 0 saturated heterocycles. The summed E-state index contributed by atoms with van der Waals surface area (Å²) in [4.78, 5) is 12.4. The van der Waals surface area contributed by atoms with Crippen molar-refractivity contribution in [1.29, 1.82) is 0 Å². The van der Waals surface area contributed by atoms with E-state index >= 15 is 0 Å². The summed E-state index contributed by atoms with van der Waals surface area (Å²) in [5.74, 6) is 0. The molecule has 1 heterocycles. The number of pyridine rings is 1. The quantitative estimate of drug-likeness (QED) is 0.409. The minimum atomic E-state index is -4.43. The van der Waals surface area contributed by atoms with Crippen molar-refractivity contribution in [2.24, 2.45) is 0 Å². The minimum Gasteiger partial charge on any atom is -0.425 e. The molecule has 1 N–H and O–H groups in total. The summed E-state index contributed by atoms with van der Waals surface area (Å²) in [6.45, 7) is 0. The van der Waals surface area contributed by atoms with E-state index in [4.69, 9.17) is 0 Å². The van der Waals surface area contributed by atoms with E-state index in [2.05, 4.69) is 0 Å². The molecule has 31 heavy (non-hydrogen) atoms. The number of hydrogen-bond acceptors (Lipinski definition) is 2. The summed E-state index contributed by atoms with van der Waals surface area (Å²) in [5.41, 5.74) is 2.94. The van der Waals surface area contributed by atoms with Gasteiger partial charge in [0.05, 0.1) is 11.8 Å². The Bertz CT molecular complexity index is 1240. The van der Waals surface area contributed by atoms with Crippen LogP contribution in [0.5, 0.6) is 0 Å². The topological polar surface area (TPSA) is 42.2 Å². The van der Waals surface area contributed by atoms with Gasteiger partial charge in [0.2, 0.25) is 0 Å². The number of alkyl halides is 3. The van der Waals surface area contributed by atoms with Crippen LogP contribution in [0.2, 0.25) is 0 Å². The molecule has 0 aliphatic carbocycles. The molecular formula is C25H18F3NO2. The second-order valence-corrected chi connectivity index (χ2v) is 7.22. The van der Waals surface area contributed by atoms with Gasteiger partial charge in [-0.3, -0.25) is 4.79 Å². The number of hydrogen-bond donors (Lipinski definition) is 1. The molecule has 0 fully saturated rings. The Morgan fingerprint density at radius 2 is 1.29 bits per heavy atom. The first-order valence-corrected chi connectivity index (χ1v) is 9.58. The monoisotopic (exact) mass is 421 g/mol. The molecule has 4 rings (SSSR count). The van der Waals surface area contributed by atoms with Crippen LogP contribution in [-0.2, 0) is 12.6 Å². The van der Waals surface area contributed by atoms with Gasteiger partial charge < -0.3 is 5.21 Å². The zero-order valence-corrected chi connectivity index (χ0v) is 16.3. The van der Waals surface area contributed by atoms with E-state index in [0.717, 1.165) is 28.8 Å². The molecule has 3 nitrogen and oxygen atoms in total. The molecule has 0 radical (unpaired) electrons. The number of benzene rings is 3. The first-order valence-electron chi connectivity index (χ1n) is 9.58. The lowest BCUT2D eigenvalue weighted by molar-refractivity contribution is -0.137. The van der Waals surface area contributed by atoms with Crippen LogP contribution in [0.1, 0.15) is 16.7 Å². The Morgan fingerprint density at radius 1 is 0.742 bits per heavy atom. The second-order valence-electron chi connectivity index (χ2n) is 7.22. The lowest BCUT2D eigenvalue weighted by Crippen LogP contribution is -2.21. The van der Waals surface area contributed by atoms with Crippen molar-refractivity contribution in [1.82, 2.24) is 4.73 Å². The standard InChI is InChI=1S/C25H18F3NO2/c26-25(27,28)23-12-10-20(11-13-23)22-15-21(24(30)29(31)16-22)14-17-6-8-19(9-7-17)18-4-2-1-3-5-18/h1-13,15-16,31H,14H2. The van der Waals surface area contributed by atoms with Gasteiger partial charge in [0.25, 0.3) is 5.56 Å². The Kier molecular flexibility index (Phi) is 5.38. The normalized spacial score (nSPS) is 11.5. The van der Waals surface area contributed by atoms with E-state index < -0.39 is 17.3 Å². The van der Waals surface area contributed by atoms with Crippen molar-refractivity contribution >= 4 is 0 Å². The van der Waals surface area contributed by atoms with Crippen LogP contribution < -0.4 is 5.56 Å². The number of halogens is 3. The van der Waals surface area contributed by atoms with Gasteiger partial charge in [-0.2, -0.15) is 17.9 Å². The zero-order chi connectivity index (χ0) is 22.0. The third kappa shape index (κ3) is 4.53. The summed E-state index contributed by atoms with van der Waals surface area (Å²) in [6, 6.07) is 23.8. The van der Waals surface area contributed by atoms with Gasteiger partial charge in [-0.15, -0.1) is 0 Å². The van der Waals surface area contributed by atoms with Crippen LogP contribution in [0, 0.1) is 0 Å². The average molecular weight is 421 g/mol. The zero-order valence-electron chi connectivity index (χ0n) is 16.3. The highest BCUT2D eigenvalue weighted by Gasteiger charge is 2.30. The molecule has 0 spiro atoms. The first-order chi connectivity index (χ1) is 14.8. The van der Waals surface area contributed by atoms with Crippen molar-refractivity contribution in [3.8, 4) is 22.3 Å². The molecule has 6 heteroatoms. The predicted molar refractivity (Wildman–Crippen MR) is 113 cm³/mol. The number of rotatable bonds is 4. The van der Waals surface area contributed by atoms with Crippen LogP contribution in [0.25, 0.3) is 22.3 Å². The highest BCUT2D eigenvalue weighted by molar-refractivity contribution is 5.65. The molecule has 0 aliphatic rings. The van der Waals surface area contributed by atoms with Crippen LogP contribution in [0.4, 0.5) is 13.2 Å². The van der Waals surface area contributed by atoms with E-state index in [1.165, 1.54) is 18.3 Å². The molecule has 0 atom stereocenters. The fraction of sp³-hybridized carbons (Fsp3) is 0.0800. The van der Waals surface area contributed by atoms with Crippen LogP contribution in [-0.4, -0.2) is 9.94 Å². The maximum absolute atomic E-state index is 12.8. The van der Waals surface area contributed by atoms with Crippen LogP contribution in [0.15, 0.2) is 95.9 Å². The van der Waals surface area contributed by atoms with E-state index in [-0.39, 0.29) is 6.42 Å². The van der Waals surface area contributed by atoms with E-state index in [1.54, 1.807) is 6.07 Å². The summed E-state index contributed by atoms with van der Waals surface area (Å²) in [7, 11) is 0. The molecule has 0 saturated carbocycles. The number of aromatic nitrogens is 1. The molecule has 0 unspecified atom stereocenters. The fourth-order valence-electron chi connectivity index (χ4n) is 3.43. The highest BCUT2D eigenvalue weighted by Crippen LogP contribution is 2.31. The van der Waals surface area contributed by atoms with Crippen LogP contribution in [0.3, 0.4) is 0 Å². The lowest BCUT2D eigenvalue weighted by atomic mass is 9.99. The Balaban J connectivity index is 1.62. The lowest BCUT2D eigenvalue weighted by Gasteiger charge is -2.10. The molecule has 1 aromatic heterocycles. The Hall–Kier alpha value is -3.80. The third-order valence-electron chi connectivity index (χ3n) is 5.08. The van der Waals surface area contributed by atoms with Crippen molar-refractivity contribution in [3.63, 3.8) is 0 Å². The van der Waals surface area contributed by atoms with Gasteiger partial charge in [0, 0.05) is 17.5 Å². The Labute approximate surface area is 176 Å². The maximum Gasteiger partial charge on any atom is 0.416 e. The van der Waals surface area contributed by atoms with Gasteiger partial charge in [-0.05, 0) is 40.5 Å². The van der Waals surface area contributed by atoms with Gasteiger partial charge in [0.1, 0.15) is 0 Å². The van der Waals surface area contributed by atoms with Gasteiger partial charge in [0.15, 0.2) is 0 Å². The first kappa shape index (κ1) is 20.5. The molecule has 0 aliphatic heterocycles. The summed E-state index contributed by atoms with van der Waals surface area (Å²) >= 11 is 0. The summed E-state index contributed by atoms with van der Waals surface area (Å²) in [6.07, 6.45) is -2.94. The molecular weight excluding hydrogens is 403 g/mol. The number of nitrogens with zero attached hydrogens (tertiary/aromatic N) is 1. The van der Waals surface area contributed by atoms with Crippen molar-refractivity contribution < 1.29 is 18.4 Å². The molecule has 156 valence electrons.